The second-order valence-electron chi connectivity index (χ2n) is 6.32. The van der Waals surface area contributed by atoms with Crippen LogP contribution in [0.15, 0.2) is 54.6 Å². The Morgan fingerprint density at radius 3 is 2.56 bits per heavy atom. The summed E-state index contributed by atoms with van der Waals surface area (Å²) in [4.78, 5) is 25.6. The molecule has 25 heavy (non-hydrogen) atoms. The summed E-state index contributed by atoms with van der Waals surface area (Å²) in [6.07, 6.45) is 8.63. The first-order valence-electron chi connectivity index (χ1n) is 8.83. The van der Waals surface area contributed by atoms with E-state index < -0.39 is 0 Å². The van der Waals surface area contributed by atoms with Crippen molar-refractivity contribution in [3.8, 4) is 0 Å². The van der Waals surface area contributed by atoms with Crippen molar-refractivity contribution in [3.05, 3.63) is 60.2 Å². The first-order valence-corrected chi connectivity index (χ1v) is 8.83. The van der Waals surface area contributed by atoms with Crippen molar-refractivity contribution >= 4 is 12.8 Å². The van der Waals surface area contributed by atoms with Gasteiger partial charge in [0.05, 0.1) is 0 Å². The molecule has 0 spiro atoms. The van der Waals surface area contributed by atoms with Crippen molar-refractivity contribution < 1.29 is 9.59 Å². The molecule has 4 nitrogen and oxygen atoms in total. The van der Waals surface area contributed by atoms with E-state index in [1.165, 1.54) is 5.56 Å². The standard InChI is InChI=1S/C15H20N2O2.C6H10/c18-12-16(10-8-14-5-2-1-3-6-14)11-15-7-4-9-17(15)13-19;1-4-5-6(2)3/h1-3,5-6,12-13,15H,4,7-11H2;4-5H,2H2,1,3H3/b;5-4-. The summed E-state index contributed by atoms with van der Waals surface area (Å²) in [7, 11) is 0. The Bertz CT molecular complexity index is 554. The third-order valence-corrected chi connectivity index (χ3v) is 4.13. The van der Waals surface area contributed by atoms with Crippen molar-refractivity contribution in [1.29, 1.82) is 0 Å². The van der Waals surface area contributed by atoms with Crippen LogP contribution in [0.3, 0.4) is 0 Å². The van der Waals surface area contributed by atoms with Gasteiger partial charge in [-0.3, -0.25) is 9.59 Å². The van der Waals surface area contributed by atoms with Crippen LogP contribution in [0.1, 0.15) is 32.3 Å². The first-order chi connectivity index (χ1) is 12.1. The maximum absolute atomic E-state index is 11.1. The Morgan fingerprint density at radius 2 is 2.04 bits per heavy atom. The molecule has 1 fully saturated rings. The summed E-state index contributed by atoms with van der Waals surface area (Å²) in [6.45, 7) is 9.78. The summed E-state index contributed by atoms with van der Waals surface area (Å²) in [5.41, 5.74) is 2.34. The second-order valence-corrected chi connectivity index (χ2v) is 6.32. The van der Waals surface area contributed by atoms with Gasteiger partial charge in [0.2, 0.25) is 12.8 Å². The quantitative estimate of drug-likeness (QED) is 0.536. The zero-order valence-electron chi connectivity index (χ0n) is 15.4. The van der Waals surface area contributed by atoms with E-state index in [2.05, 4.69) is 18.7 Å². The number of likely N-dealkylation sites (tertiary alicyclic amines) is 1. The van der Waals surface area contributed by atoms with Crippen LogP contribution in [0.2, 0.25) is 0 Å². The molecule has 1 aromatic carbocycles. The number of carbonyl (C=O) groups excluding carboxylic acids is 2. The molecule has 0 radical (unpaired) electrons. The zero-order valence-corrected chi connectivity index (χ0v) is 15.4. The SMILES string of the molecule is C=C(C)/C=C\C.O=CN(CCc1ccccc1)CC1CCCN1C=O. The maximum atomic E-state index is 11.1. The van der Waals surface area contributed by atoms with Crippen LogP contribution in [0.5, 0.6) is 0 Å². The average molecular weight is 342 g/mol. The van der Waals surface area contributed by atoms with Gasteiger partial charge < -0.3 is 9.80 Å². The number of rotatable bonds is 8. The zero-order chi connectivity index (χ0) is 18.5. The summed E-state index contributed by atoms with van der Waals surface area (Å²) in [5, 5.41) is 0. The Labute approximate surface area is 151 Å². The van der Waals surface area contributed by atoms with Crippen molar-refractivity contribution in [1.82, 2.24) is 9.80 Å². The minimum Gasteiger partial charge on any atom is -0.343 e. The van der Waals surface area contributed by atoms with Gasteiger partial charge in [0, 0.05) is 25.7 Å². The van der Waals surface area contributed by atoms with Gasteiger partial charge in [-0.1, -0.05) is 54.6 Å². The lowest BCUT2D eigenvalue weighted by Crippen LogP contribution is -2.40. The smallest absolute Gasteiger partial charge is 0.210 e. The van der Waals surface area contributed by atoms with Crippen molar-refractivity contribution in [2.45, 2.75) is 39.2 Å². The minimum absolute atomic E-state index is 0.193. The largest absolute Gasteiger partial charge is 0.343 e. The van der Waals surface area contributed by atoms with Crippen LogP contribution in [-0.2, 0) is 16.0 Å². The molecule has 2 amide bonds. The van der Waals surface area contributed by atoms with Crippen LogP contribution in [0.4, 0.5) is 0 Å². The number of carbonyl (C=O) groups is 2. The summed E-state index contributed by atoms with van der Waals surface area (Å²) < 4.78 is 0. The van der Waals surface area contributed by atoms with E-state index in [0.717, 1.165) is 44.2 Å². The van der Waals surface area contributed by atoms with Crippen molar-refractivity contribution in [2.24, 2.45) is 0 Å². The number of amides is 2. The molecule has 1 aromatic rings. The fourth-order valence-electron chi connectivity index (χ4n) is 2.85. The monoisotopic (exact) mass is 342 g/mol. The highest BCUT2D eigenvalue weighted by Crippen LogP contribution is 2.16. The van der Waals surface area contributed by atoms with E-state index in [1.54, 1.807) is 9.80 Å². The van der Waals surface area contributed by atoms with E-state index in [-0.39, 0.29) is 6.04 Å². The van der Waals surface area contributed by atoms with Gasteiger partial charge in [0.15, 0.2) is 0 Å². The second kappa shape index (κ2) is 12.1. The summed E-state index contributed by atoms with van der Waals surface area (Å²) in [6, 6.07) is 10.3. The Hall–Kier alpha value is -2.36. The van der Waals surface area contributed by atoms with Crippen LogP contribution in [-0.4, -0.2) is 48.3 Å². The van der Waals surface area contributed by atoms with Crippen LogP contribution < -0.4 is 0 Å². The van der Waals surface area contributed by atoms with Gasteiger partial charge in [-0.2, -0.15) is 0 Å². The van der Waals surface area contributed by atoms with Crippen molar-refractivity contribution in [2.75, 3.05) is 19.6 Å². The normalized spacial score (nSPS) is 16.2. The average Bonchev–Trinajstić information content (AvgIpc) is 3.07. The van der Waals surface area contributed by atoms with Crippen LogP contribution in [0.25, 0.3) is 0 Å². The van der Waals surface area contributed by atoms with Gasteiger partial charge in [-0.15, -0.1) is 0 Å². The fourth-order valence-corrected chi connectivity index (χ4v) is 2.85. The third-order valence-electron chi connectivity index (χ3n) is 4.13. The van der Waals surface area contributed by atoms with E-state index in [0.29, 0.717) is 13.1 Å². The molecule has 0 aliphatic carbocycles. The van der Waals surface area contributed by atoms with E-state index >= 15 is 0 Å². The molecule has 4 heteroatoms. The molecular weight excluding hydrogens is 312 g/mol. The third kappa shape index (κ3) is 8.34. The summed E-state index contributed by atoms with van der Waals surface area (Å²) in [5.74, 6) is 0. The fraction of sp³-hybridized carbons (Fsp3) is 0.429. The number of hydrogen-bond donors (Lipinski definition) is 0. The molecule has 1 unspecified atom stereocenters. The first kappa shape index (κ1) is 20.7. The highest BCUT2D eigenvalue weighted by Gasteiger charge is 2.24. The Morgan fingerprint density at radius 1 is 1.32 bits per heavy atom. The molecule has 2 rings (SSSR count). The molecule has 136 valence electrons. The molecule has 1 atom stereocenters. The molecule has 0 saturated carbocycles. The molecule has 0 aromatic heterocycles. The van der Waals surface area contributed by atoms with E-state index in [9.17, 15) is 9.59 Å². The van der Waals surface area contributed by atoms with Gasteiger partial charge in [0.25, 0.3) is 0 Å². The predicted molar refractivity (Wildman–Crippen MR) is 103 cm³/mol. The predicted octanol–water partition coefficient (Wildman–Crippen LogP) is 3.45. The summed E-state index contributed by atoms with van der Waals surface area (Å²) >= 11 is 0. The van der Waals surface area contributed by atoms with E-state index in [1.807, 2.05) is 44.2 Å². The van der Waals surface area contributed by atoms with Crippen molar-refractivity contribution in [3.63, 3.8) is 0 Å². The minimum atomic E-state index is 0.193. The molecule has 1 aliphatic rings. The maximum Gasteiger partial charge on any atom is 0.210 e. The van der Waals surface area contributed by atoms with Gasteiger partial charge in [-0.25, -0.2) is 0 Å². The van der Waals surface area contributed by atoms with Gasteiger partial charge >= 0.3 is 0 Å². The van der Waals surface area contributed by atoms with Crippen LogP contribution >= 0.6 is 0 Å². The van der Waals surface area contributed by atoms with Gasteiger partial charge in [0.1, 0.15) is 0 Å². The molecule has 1 saturated heterocycles. The number of hydrogen-bond acceptors (Lipinski definition) is 2. The highest BCUT2D eigenvalue weighted by atomic mass is 16.1. The lowest BCUT2D eigenvalue weighted by Gasteiger charge is -2.26. The Balaban J connectivity index is 0.000000450. The number of nitrogens with zero attached hydrogens (tertiary/aromatic N) is 2. The Kier molecular flexibility index (Phi) is 9.98. The molecule has 1 aliphatic heterocycles. The number of benzene rings is 1. The lowest BCUT2D eigenvalue weighted by molar-refractivity contribution is -0.122. The highest BCUT2D eigenvalue weighted by molar-refractivity contribution is 5.50. The van der Waals surface area contributed by atoms with Crippen LogP contribution in [0, 0.1) is 0 Å². The van der Waals surface area contributed by atoms with Gasteiger partial charge in [-0.05, 0) is 38.7 Å². The molecule has 0 N–H and O–H groups in total. The molecule has 1 heterocycles. The number of allylic oxidation sites excluding steroid dienone is 3. The van der Waals surface area contributed by atoms with E-state index in [4.69, 9.17) is 0 Å². The molecular formula is C21H30N2O2. The topological polar surface area (TPSA) is 40.6 Å². The molecule has 0 bridgehead atoms. The lowest BCUT2D eigenvalue weighted by atomic mass is 10.1.